The molecular weight excluding hydrogens is 306 g/mol. The van der Waals surface area contributed by atoms with Gasteiger partial charge < -0.3 is 15.2 Å². The van der Waals surface area contributed by atoms with Gasteiger partial charge in [-0.3, -0.25) is 4.79 Å². The van der Waals surface area contributed by atoms with Gasteiger partial charge >= 0.3 is 5.97 Å². The van der Waals surface area contributed by atoms with Gasteiger partial charge in [0, 0.05) is 11.1 Å². The molecule has 1 amide bonds. The Hall–Kier alpha value is -1.75. The van der Waals surface area contributed by atoms with Crippen LogP contribution in [0.5, 0.6) is 5.75 Å². The van der Waals surface area contributed by atoms with Gasteiger partial charge in [0.2, 0.25) is 5.91 Å². The van der Waals surface area contributed by atoms with Gasteiger partial charge in [0.15, 0.2) is 6.61 Å². The Bertz CT molecular complexity index is 567. The Morgan fingerprint density at radius 1 is 1.36 bits per heavy atom. The van der Waals surface area contributed by atoms with Crippen molar-refractivity contribution in [3.63, 3.8) is 0 Å². The first-order chi connectivity index (χ1) is 10.5. The Kier molecular flexibility index (Phi) is 5.29. The van der Waals surface area contributed by atoms with Crippen molar-refractivity contribution >= 4 is 29.2 Å². The van der Waals surface area contributed by atoms with E-state index in [2.05, 4.69) is 5.32 Å². The summed E-state index contributed by atoms with van der Waals surface area (Å²) in [5.41, 5.74) is 0.322. The number of carbonyl (C=O) groups is 2. The van der Waals surface area contributed by atoms with E-state index in [0.717, 1.165) is 32.1 Å². The molecule has 0 radical (unpaired) electrons. The summed E-state index contributed by atoms with van der Waals surface area (Å²) in [7, 11) is 0. The van der Waals surface area contributed by atoms with Crippen LogP contribution in [0.4, 0.5) is 5.69 Å². The molecule has 0 unspecified atom stereocenters. The molecule has 5 nitrogen and oxygen atoms in total. The molecule has 1 aromatic carbocycles. The molecule has 0 atom stereocenters. The van der Waals surface area contributed by atoms with Crippen molar-refractivity contribution < 1.29 is 19.4 Å². The summed E-state index contributed by atoms with van der Waals surface area (Å²) in [6.45, 7) is 1.59. The van der Waals surface area contributed by atoms with Gasteiger partial charge in [-0.15, -0.1) is 0 Å². The number of benzene rings is 1. The summed E-state index contributed by atoms with van der Waals surface area (Å²) < 4.78 is 5.05. The third kappa shape index (κ3) is 3.71. The number of carbonyl (C=O) groups excluding carboxylic acids is 1. The maximum Gasteiger partial charge on any atom is 0.341 e. The highest BCUT2D eigenvalue weighted by Crippen LogP contribution is 2.42. The molecule has 0 aromatic heterocycles. The fourth-order valence-corrected chi connectivity index (χ4v) is 3.13. The fraction of sp³-hybridized carbons (Fsp3) is 0.500. The predicted octanol–water partition coefficient (Wildman–Crippen LogP) is 3.71. The number of carboxylic acid groups (broad SMARTS) is 1. The third-order valence-corrected chi connectivity index (χ3v) is 4.56. The lowest BCUT2D eigenvalue weighted by molar-refractivity contribution is -0.139. The summed E-state index contributed by atoms with van der Waals surface area (Å²) in [5, 5.41) is 11.8. The normalized spacial score (nSPS) is 16.3. The molecule has 22 heavy (non-hydrogen) atoms. The predicted molar refractivity (Wildman–Crippen MR) is 84.4 cm³/mol. The molecule has 1 aromatic rings. The van der Waals surface area contributed by atoms with Crippen LogP contribution in [0.3, 0.4) is 0 Å². The van der Waals surface area contributed by atoms with Crippen LogP contribution in [0.25, 0.3) is 0 Å². The second-order valence-corrected chi connectivity index (χ2v) is 6.03. The SMILES string of the molecule is CCC1(C(=O)Nc2ccc(OCC(=O)O)c(Cl)c2)CCCC1. The zero-order chi connectivity index (χ0) is 16.2. The molecule has 0 aliphatic heterocycles. The van der Waals surface area contributed by atoms with E-state index in [0.29, 0.717) is 5.69 Å². The minimum Gasteiger partial charge on any atom is -0.480 e. The summed E-state index contributed by atoms with van der Waals surface area (Å²) in [6.07, 6.45) is 4.84. The van der Waals surface area contributed by atoms with Crippen LogP contribution in [0.15, 0.2) is 18.2 Å². The van der Waals surface area contributed by atoms with Gasteiger partial charge in [-0.2, -0.15) is 0 Å². The first-order valence-electron chi connectivity index (χ1n) is 7.42. The average molecular weight is 326 g/mol. The molecule has 1 aliphatic carbocycles. The number of carboxylic acids is 1. The summed E-state index contributed by atoms with van der Waals surface area (Å²) in [6, 6.07) is 4.81. The van der Waals surface area contributed by atoms with E-state index in [-0.39, 0.29) is 22.1 Å². The highest BCUT2D eigenvalue weighted by Gasteiger charge is 2.39. The number of amides is 1. The van der Waals surface area contributed by atoms with Crippen LogP contribution in [-0.4, -0.2) is 23.6 Å². The Labute approximate surface area is 134 Å². The minimum atomic E-state index is -1.07. The minimum absolute atomic E-state index is 0.0303. The molecule has 2 rings (SSSR count). The second kappa shape index (κ2) is 7.01. The van der Waals surface area contributed by atoms with Crippen LogP contribution in [0.1, 0.15) is 39.0 Å². The summed E-state index contributed by atoms with van der Waals surface area (Å²) in [4.78, 5) is 23.0. The average Bonchev–Trinajstić information content (AvgIpc) is 2.96. The van der Waals surface area contributed by atoms with Gasteiger partial charge in [0.25, 0.3) is 0 Å². The molecule has 2 N–H and O–H groups in total. The maximum absolute atomic E-state index is 12.5. The van der Waals surface area contributed by atoms with Crippen molar-refractivity contribution in [2.24, 2.45) is 5.41 Å². The number of ether oxygens (including phenoxy) is 1. The van der Waals surface area contributed by atoms with Crippen LogP contribution in [0, 0.1) is 5.41 Å². The summed E-state index contributed by atoms with van der Waals surface area (Å²) >= 11 is 6.06. The number of aliphatic carboxylic acids is 1. The van der Waals surface area contributed by atoms with E-state index < -0.39 is 12.6 Å². The lowest BCUT2D eigenvalue weighted by Gasteiger charge is -2.26. The Balaban J connectivity index is 2.05. The Morgan fingerprint density at radius 2 is 2.05 bits per heavy atom. The molecule has 1 fully saturated rings. The van der Waals surface area contributed by atoms with Gasteiger partial charge in [0.05, 0.1) is 5.02 Å². The molecular formula is C16H20ClNO4. The number of rotatable bonds is 6. The van der Waals surface area contributed by atoms with Crippen LogP contribution in [-0.2, 0) is 9.59 Å². The van der Waals surface area contributed by atoms with E-state index in [1.807, 2.05) is 6.92 Å². The smallest absolute Gasteiger partial charge is 0.341 e. The van der Waals surface area contributed by atoms with Gasteiger partial charge in [-0.25, -0.2) is 4.79 Å². The lowest BCUT2D eigenvalue weighted by Crippen LogP contribution is -2.33. The molecule has 0 spiro atoms. The topological polar surface area (TPSA) is 75.6 Å². The monoisotopic (exact) mass is 325 g/mol. The number of hydrogen-bond donors (Lipinski definition) is 2. The Morgan fingerprint density at radius 3 is 2.59 bits per heavy atom. The first-order valence-corrected chi connectivity index (χ1v) is 7.80. The van der Waals surface area contributed by atoms with Crippen LogP contribution >= 0.6 is 11.6 Å². The fourth-order valence-electron chi connectivity index (χ4n) is 2.89. The first kappa shape index (κ1) is 16.6. The molecule has 6 heteroatoms. The molecule has 0 heterocycles. The molecule has 0 bridgehead atoms. The molecule has 1 saturated carbocycles. The van der Waals surface area contributed by atoms with Crippen molar-refractivity contribution in [1.82, 2.24) is 0 Å². The molecule has 0 saturated heterocycles. The van der Waals surface area contributed by atoms with Crippen molar-refractivity contribution in [2.75, 3.05) is 11.9 Å². The maximum atomic E-state index is 12.5. The standard InChI is InChI=1S/C16H20ClNO4/c1-2-16(7-3-4-8-16)15(21)18-11-5-6-13(12(17)9-11)22-10-14(19)20/h5-6,9H,2-4,7-8,10H2,1H3,(H,18,21)(H,19,20). The lowest BCUT2D eigenvalue weighted by atomic mass is 9.82. The number of anilines is 1. The number of nitrogens with one attached hydrogen (secondary N) is 1. The van der Waals surface area contributed by atoms with E-state index >= 15 is 0 Å². The number of hydrogen-bond acceptors (Lipinski definition) is 3. The second-order valence-electron chi connectivity index (χ2n) is 5.62. The zero-order valence-corrected chi connectivity index (χ0v) is 13.3. The van der Waals surface area contributed by atoms with Gasteiger partial charge in [0.1, 0.15) is 5.75 Å². The van der Waals surface area contributed by atoms with Crippen molar-refractivity contribution in [3.05, 3.63) is 23.2 Å². The van der Waals surface area contributed by atoms with E-state index in [1.165, 1.54) is 0 Å². The van der Waals surface area contributed by atoms with Gasteiger partial charge in [-0.05, 0) is 37.5 Å². The van der Waals surface area contributed by atoms with Crippen molar-refractivity contribution in [2.45, 2.75) is 39.0 Å². The quantitative estimate of drug-likeness (QED) is 0.836. The van der Waals surface area contributed by atoms with Crippen LogP contribution < -0.4 is 10.1 Å². The third-order valence-electron chi connectivity index (χ3n) is 4.26. The van der Waals surface area contributed by atoms with Gasteiger partial charge in [-0.1, -0.05) is 31.4 Å². The highest BCUT2D eigenvalue weighted by molar-refractivity contribution is 6.32. The van der Waals surface area contributed by atoms with E-state index in [1.54, 1.807) is 18.2 Å². The molecule has 1 aliphatic rings. The zero-order valence-electron chi connectivity index (χ0n) is 12.5. The van der Waals surface area contributed by atoms with E-state index in [9.17, 15) is 9.59 Å². The van der Waals surface area contributed by atoms with Crippen LogP contribution in [0.2, 0.25) is 5.02 Å². The molecule has 120 valence electrons. The van der Waals surface area contributed by atoms with Crippen molar-refractivity contribution in [3.8, 4) is 5.75 Å². The largest absolute Gasteiger partial charge is 0.480 e. The van der Waals surface area contributed by atoms with E-state index in [4.69, 9.17) is 21.4 Å². The van der Waals surface area contributed by atoms with Crippen molar-refractivity contribution in [1.29, 1.82) is 0 Å². The number of halogens is 1. The summed E-state index contributed by atoms with van der Waals surface area (Å²) in [5.74, 6) is -0.754. The highest BCUT2D eigenvalue weighted by atomic mass is 35.5.